The van der Waals surface area contributed by atoms with Crippen molar-refractivity contribution in [3.63, 3.8) is 0 Å². The van der Waals surface area contributed by atoms with E-state index in [4.69, 9.17) is 9.41 Å². The van der Waals surface area contributed by atoms with E-state index in [0.717, 1.165) is 27.1 Å². The molecule has 3 aromatic carbocycles. The first-order chi connectivity index (χ1) is 26.2. The summed E-state index contributed by atoms with van der Waals surface area (Å²) in [6, 6.07) is 32.4. The van der Waals surface area contributed by atoms with Gasteiger partial charge in [-0.25, -0.2) is 9.78 Å². The Morgan fingerprint density at radius 1 is 0.873 bits per heavy atom. The van der Waals surface area contributed by atoms with Crippen LogP contribution in [0, 0.1) is 0 Å². The summed E-state index contributed by atoms with van der Waals surface area (Å²) in [5.41, 5.74) is 3.94. The van der Waals surface area contributed by atoms with Crippen molar-refractivity contribution in [3.05, 3.63) is 132 Å². The van der Waals surface area contributed by atoms with E-state index in [9.17, 15) is 22.8 Å². The molecule has 8 nitrogen and oxygen atoms in total. The van der Waals surface area contributed by atoms with Crippen molar-refractivity contribution >= 4 is 30.6 Å². The molecule has 0 saturated heterocycles. The molecule has 2 N–H and O–H groups in total. The highest BCUT2D eigenvalue weighted by atomic mass is 28.4. The predicted molar refractivity (Wildman–Crippen MR) is 211 cm³/mol. The molecule has 12 heteroatoms. The number of aromatic nitrogens is 2. The summed E-state index contributed by atoms with van der Waals surface area (Å²) in [6.45, 7) is 9.27. The Kier molecular flexibility index (Phi) is 11.6. The number of carbonyl (C=O) groups excluding carboxylic acids is 2. The highest BCUT2D eigenvalue weighted by Crippen LogP contribution is 2.44. The van der Waals surface area contributed by atoms with Gasteiger partial charge in [0.15, 0.2) is 0 Å². The molecule has 0 aliphatic carbocycles. The number of fused-ring (bicyclic) bond motifs is 1. The lowest BCUT2D eigenvalue weighted by molar-refractivity contribution is -0.123. The molecular weight excluding hydrogens is 720 g/mol. The number of pyridine rings is 2. The van der Waals surface area contributed by atoms with E-state index in [0.29, 0.717) is 23.2 Å². The number of halogens is 3. The van der Waals surface area contributed by atoms with E-state index >= 15 is 0 Å². The summed E-state index contributed by atoms with van der Waals surface area (Å²) in [7, 11) is -2.94. The summed E-state index contributed by atoms with van der Waals surface area (Å²) in [6.07, 6.45) is -0.795. The van der Waals surface area contributed by atoms with Crippen molar-refractivity contribution in [2.45, 2.75) is 70.9 Å². The molecule has 3 heterocycles. The van der Waals surface area contributed by atoms with Gasteiger partial charge in [0.25, 0.3) is 14.2 Å². The van der Waals surface area contributed by atoms with Gasteiger partial charge < -0.3 is 20.0 Å². The zero-order valence-corrected chi connectivity index (χ0v) is 32.7. The second-order valence-electron chi connectivity index (χ2n) is 15.1. The number of nitrogens with zero attached hydrogens (tertiary/aromatic N) is 3. The van der Waals surface area contributed by atoms with Crippen LogP contribution < -0.4 is 21.0 Å². The fraction of sp³-hybridized carbons (Fsp3) is 0.302. The first-order valence-corrected chi connectivity index (χ1v) is 20.3. The molecule has 0 unspecified atom stereocenters. The maximum Gasteiger partial charge on any atom is 0.405 e. The van der Waals surface area contributed by atoms with Gasteiger partial charge in [0, 0.05) is 48.3 Å². The number of urea groups is 1. The number of rotatable bonds is 11. The number of carbonyl (C=O) groups is 2. The minimum absolute atomic E-state index is 0.120. The van der Waals surface area contributed by atoms with Gasteiger partial charge in [-0.05, 0) is 65.0 Å². The third kappa shape index (κ3) is 8.65. The van der Waals surface area contributed by atoms with Gasteiger partial charge in [-0.3, -0.25) is 9.78 Å². The number of hydrogen-bond acceptors (Lipinski definition) is 5. The zero-order chi connectivity index (χ0) is 39.4. The van der Waals surface area contributed by atoms with E-state index in [1.807, 2.05) is 92.0 Å². The fourth-order valence-electron chi connectivity index (χ4n) is 7.48. The van der Waals surface area contributed by atoms with Crippen LogP contribution in [0.5, 0.6) is 0 Å². The second kappa shape index (κ2) is 16.2. The van der Waals surface area contributed by atoms with E-state index in [-0.39, 0.29) is 36.0 Å². The molecule has 1 aliphatic rings. The second-order valence-corrected chi connectivity index (χ2v) is 19.4. The predicted octanol–water partition coefficient (Wildman–Crippen LogP) is 8.04. The molecule has 1 aliphatic heterocycles. The number of amides is 3. The molecule has 0 saturated carbocycles. The summed E-state index contributed by atoms with van der Waals surface area (Å²) in [5, 5.41) is 6.96. The van der Waals surface area contributed by atoms with Crippen LogP contribution >= 0.6 is 0 Å². The van der Waals surface area contributed by atoms with Crippen molar-refractivity contribution in [1.29, 1.82) is 0 Å². The standard InChI is InChI=1S/C43H46F3N5O3Si/c1-29(2)49-41(53)51-27-33-25-36(40(52)48-28-43(44,45)46)50-39(31-15-12-14-30(24-31)32-16-13-22-47-26-32)38(33)37(51)21-23-54-55(42(3,4)5,34-17-8-6-9-18-34)35-19-10-7-11-20-35/h6-20,22,24-26,29,37H,21,23,27-28H2,1-5H3,(H,48,52)(H,49,53)/t37-/m1/s1. The minimum Gasteiger partial charge on any atom is -0.407 e. The van der Waals surface area contributed by atoms with E-state index in [1.54, 1.807) is 17.3 Å². The van der Waals surface area contributed by atoms with Gasteiger partial charge >= 0.3 is 12.2 Å². The molecule has 3 amide bonds. The SMILES string of the molecule is CC(C)NC(=O)N1Cc2cc(C(=O)NCC(F)(F)F)nc(-c3cccc(-c4cccnc4)c3)c2[C@H]1CCO[Si](c1ccccc1)(c1ccccc1)C(C)(C)C. The van der Waals surface area contributed by atoms with Crippen LogP contribution in [0.2, 0.25) is 5.04 Å². The molecule has 286 valence electrons. The number of alkyl halides is 3. The van der Waals surface area contributed by atoms with Gasteiger partial charge in [-0.1, -0.05) is 106 Å². The maximum atomic E-state index is 14.0. The topological polar surface area (TPSA) is 96.5 Å². The highest BCUT2D eigenvalue weighted by Gasteiger charge is 2.50. The van der Waals surface area contributed by atoms with Gasteiger partial charge in [-0.2, -0.15) is 13.2 Å². The molecule has 1 atom stereocenters. The third-order valence-corrected chi connectivity index (χ3v) is 14.8. The smallest absolute Gasteiger partial charge is 0.405 e. The highest BCUT2D eigenvalue weighted by molar-refractivity contribution is 6.99. The summed E-state index contributed by atoms with van der Waals surface area (Å²) in [4.78, 5) is 38.0. The van der Waals surface area contributed by atoms with Crippen molar-refractivity contribution in [1.82, 2.24) is 25.5 Å². The Hall–Kier alpha value is -5.33. The van der Waals surface area contributed by atoms with Crippen LogP contribution in [-0.2, 0) is 11.0 Å². The Morgan fingerprint density at radius 2 is 1.51 bits per heavy atom. The Morgan fingerprint density at radius 3 is 2.09 bits per heavy atom. The van der Waals surface area contributed by atoms with E-state index in [2.05, 4.69) is 55.3 Å². The molecule has 0 fully saturated rings. The summed E-state index contributed by atoms with van der Waals surface area (Å²) < 4.78 is 46.9. The molecule has 5 aromatic rings. The summed E-state index contributed by atoms with van der Waals surface area (Å²) in [5.74, 6) is -0.957. The molecule has 0 spiro atoms. The van der Waals surface area contributed by atoms with Crippen molar-refractivity contribution in [2.24, 2.45) is 0 Å². The Labute approximate surface area is 321 Å². The third-order valence-electron chi connectivity index (χ3n) is 9.81. The Balaban J connectivity index is 1.47. The van der Waals surface area contributed by atoms with Crippen molar-refractivity contribution in [3.8, 4) is 22.4 Å². The lowest BCUT2D eigenvalue weighted by atomic mass is 9.94. The molecule has 0 bridgehead atoms. The molecule has 0 radical (unpaired) electrons. The zero-order valence-electron chi connectivity index (χ0n) is 31.7. The normalized spacial score (nSPS) is 14.5. The average Bonchev–Trinajstić information content (AvgIpc) is 3.54. The lowest BCUT2D eigenvalue weighted by Crippen LogP contribution is -2.66. The first kappa shape index (κ1) is 39.4. The first-order valence-electron chi connectivity index (χ1n) is 18.4. The van der Waals surface area contributed by atoms with Gasteiger partial charge in [-0.15, -0.1) is 0 Å². The van der Waals surface area contributed by atoms with Gasteiger partial charge in [0.2, 0.25) is 0 Å². The fourth-order valence-corrected chi connectivity index (χ4v) is 12.1. The van der Waals surface area contributed by atoms with Crippen molar-refractivity contribution in [2.75, 3.05) is 13.2 Å². The van der Waals surface area contributed by atoms with Crippen LogP contribution in [0.1, 0.15) is 68.7 Å². The quantitative estimate of drug-likeness (QED) is 0.133. The molecule has 55 heavy (non-hydrogen) atoms. The lowest BCUT2D eigenvalue weighted by Gasteiger charge is -2.43. The van der Waals surface area contributed by atoms with Gasteiger partial charge in [0.05, 0.1) is 11.7 Å². The van der Waals surface area contributed by atoms with E-state index < -0.39 is 33.0 Å². The van der Waals surface area contributed by atoms with Crippen LogP contribution in [0.25, 0.3) is 22.4 Å². The van der Waals surface area contributed by atoms with Crippen LogP contribution in [-0.4, -0.2) is 60.5 Å². The van der Waals surface area contributed by atoms with E-state index in [1.165, 1.54) is 6.07 Å². The maximum absolute atomic E-state index is 14.0. The van der Waals surface area contributed by atoms with Crippen molar-refractivity contribution < 1.29 is 27.2 Å². The number of nitrogens with one attached hydrogen (secondary N) is 2. The monoisotopic (exact) mass is 765 g/mol. The van der Waals surface area contributed by atoms with Gasteiger partial charge in [0.1, 0.15) is 12.2 Å². The van der Waals surface area contributed by atoms with Crippen LogP contribution in [0.3, 0.4) is 0 Å². The summed E-state index contributed by atoms with van der Waals surface area (Å²) >= 11 is 0. The molecular formula is C43H46F3N5O3Si. The average molecular weight is 766 g/mol. The Bertz CT molecular complexity index is 2070. The largest absolute Gasteiger partial charge is 0.407 e. The van der Waals surface area contributed by atoms with Crippen LogP contribution in [0.15, 0.2) is 116 Å². The molecule has 6 rings (SSSR count). The molecule has 2 aromatic heterocycles. The number of benzene rings is 3. The van der Waals surface area contributed by atoms with Crippen LogP contribution in [0.4, 0.5) is 18.0 Å². The minimum atomic E-state index is -4.60. The number of hydrogen-bond donors (Lipinski definition) is 2.